The van der Waals surface area contributed by atoms with Crippen LogP contribution in [0.25, 0.3) is 0 Å². The summed E-state index contributed by atoms with van der Waals surface area (Å²) in [5.74, 6) is -0.332. The molecule has 2 heterocycles. The second kappa shape index (κ2) is 8.35. The smallest absolute Gasteiger partial charge is 0.259 e. The van der Waals surface area contributed by atoms with Crippen LogP contribution in [0.15, 0.2) is 68.7 Å². The lowest BCUT2D eigenvalue weighted by Crippen LogP contribution is -2.20. The summed E-state index contributed by atoms with van der Waals surface area (Å²) in [6.07, 6.45) is 3.94. The highest BCUT2D eigenvalue weighted by atomic mass is 32.2. The molecule has 1 amide bonds. The molecule has 0 saturated carbocycles. The molecule has 0 radical (unpaired) electrons. The number of nitrogens with one attached hydrogen (secondary N) is 1. The van der Waals surface area contributed by atoms with Crippen LogP contribution in [-0.4, -0.2) is 29.2 Å². The van der Waals surface area contributed by atoms with E-state index in [0.29, 0.717) is 26.1 Å². The fraction of sp³-hybridized carbons (Fsp3) is 0.0667. The molecular weight excluding hydrogens is 318 g/mol. The Morgan fingerprint density at radius 3 is 2.09 bits per heavy atom. The van der Waals surface area contributed by atoms with Gasteiger partial charge in [0, 0.05) is 19.4 Å². The van der Waals surface area contributed by atoms with Gasteiger partial charge in [-0.25, -0.2) is 9.97 Å². The number of allylic oxidation sites excluding steroid dienone is 1. The lowest BCUT2D eigenvalue weighted by atomic mass is 10.5. The summed E-state index contributed by atoms with van der Waals surface area (Å²) in [6.45, 7) is 0. The molecule has 0 aliphatic heterocycles. The largest absolute Gasteiger partial charge is 0.355 e. The number of hydrogen-bond donors (Lipinski definition) is 1. The normalized spacial score (nSPS) is 11.5. The Hall–Kier alpha value is -2.12. The number of aldehydes is 1. The van der Waals surface area contributed by atoms with Gasteiger partial charge in [0.2, 0.25) is 0 Å². The zero-order valence-electron chi connectivity index (χ0n) is 11.7. The van der Waals surface area contributed by atoms with Crippen molar-refractivity contribution in [2.45, 2.75) is 10.1 Å². The first-order valence-corrected chi connectivity index (χ1v) is 7.97. The van der Waals surface area contributed by atoms with E-state index < -0.39 is 0 Å². The van der Waals surface area contributed by atoms with Gasteiger partial charge in [0.05, 0.1) is 9.81 Å². The standard InChI is InChI=1S/C15H13N3O2S2/c1-16-15(20)14(22-13-7-3-5-9-18-13)11(10-19)21-12-6-2-4-8-17-12/h2-10H,1H3,(H,16,20)/b14-11-. The van der Waals surface area contributed by atoms with Gasteiger partial charge in [-0.1, -0.05) is 35.7 Å². The molecule has 2 aromatic rings. The molecule has 2 rings (SSSR count). The Labute approximate surface area is 136 Å². The summed E-state index contributed by atoms with van der Waals surface area (Å²) in [6, 6.07) is 10.8. The van der Waals surface area contributed by atoms with Crippen molar-refractivity contribution in [2.24, 2.45) is 0 Å². The van der Waals surface area contributed by atoms with Gasteiger partial charge < -0.3 is 5.32 Å². The number of carbonyl (C=O) groups is 2. The summed E-state index contributed by atoms with van der Waals surface area (Å²) < 4.78 is 0. The lowest BCUT2D eigenvalue weighted by molar-refractivity contribution is -0.116. The van der Waals surface area contributed by atoms with E-state index in [9.17, 15) is 9.59 Å². The summed E-state index contributed by atoms with van der Waals surface area (Å²) in [7, 11) is 1.52. The number of amides is 1. The first-order chi connectivity index (χ1) is 10.7. The molecule has 0 aliphatic rings. The molecule has 0 unspecified atom stereocenters. The quantitative estimate of drug-likeness (QED) is 0.498. The zero-order chi connectivity index (χ0) is 15.8. The fourth-order valence-electron chi connectivity index (χ4n) is 1.48. The SMILES string of the molecule is CNC(=O)/C(Sc1ccccn1)=C(\C=O)Sc1ccccn1. The minimum absolute atomic E-state index is 0.298. The molecular formula is C15H13N3O2S2. The van der Waals surface area contributed by atoms with E-state index in [0.717, 1.165) is 23.5 Å². The number of aromatic nitrogens is 2. The third-order valence-corrected chi connectivity index (χ3v) is 4.62. The van der Waals surface area contributed by atoms with Crippen LogP contribution in [0, 0.1) is 0 Å². The fourth-order valence-corrected chi connectivity index (χ4v) is 3.26. The molecule has 0 bridgehead atoms. The zero-order valence-corrected chi connectivity index (χ0v) is 13.4. The maximum atomic E-state index is 12.1. The average Bonchev–Trinajstić information content (AvgIpc) is 2.59. The Morgan fingerprint density at radius 2 is 1.64 bits per heavy atom. The Bertz CT molecular complexity index is 676. The van der Waals surface area contributed by atoms with Crippen LogP contribution in [0.3, 0.4) is 0 Å². The van der Waals surface area contributed by atoms with Crippen LogP contribution in [0.4, 0.5) is 0 Å². The van der Waals surface area contributed by atoms with Gasteiger partial charge in [0.15, 0.2) is 6.29 Å². The van der Waals surface area contributed by atoms with Gasteiger partial charge in [-0.05, 0) is 24.3 Å². The van der Waals surface area contributed by atoms with E-state index in [1.54, 1.807) is 36.7 Å². The molecule has 5 nitrogen and oxygen atoms in total. The number of thioether (sulfide) groups is 2. The molecule has 0 fully saturated rings. The van der Waals surface area contributed by atoms with E-state index >= 15 is 0 Å². The number of rotatable bonds is 6. The lowest BCUT2D eigenvalue weighted by Gasteiger charge is -2.09. The Kier molecular flexibility index (Phi) is 6.17. The van der Waals surface area contributed by atoms with Crippen LogP contribution < -0.4 is 5.32 Å². The molecule has 0 aromatic carbocycles. The van der Waals surface area contributed by atoms with E-state index in [1.165, 1.54) is 7.05 Å². The summed E-state index contributed by atoms with van der Waals surface area (Å²) in [5.41, 5.74) is 0. The van der Waals surface area contributed by atoms with Crippen molar-refractivity contribution in [1.29, 1.82) is 0 Å². The first-order valence-electron chi connectivity index (χ1n) is 6.34. The van der Waals surface area contributed by atoms with Gasteiger partial charge in [0.1, 0.15) is 10.1 Å². The predicted octanol–water partition coefficient (Wildman–Crippen LogP) is 2.52. The van der Waals surface area contributed by atoms with Crippen LogP contribution in [-0.2, 0) is 9.59 Å². The molecule has 112 valence electrons. The summed E-state index contributed by atoms with van der Waals surface area (Å²) >= 11 is 2.30. The molecule has 0 aliphatic carbocycles. The van der Waals surface area contributed by atoms with Crippen molar-refractivity contribution in [3.05, 3.63) is 58.6 Å². The predicted molar refractivity (Wildman–Crippen MR) is 87.3 cm³/mol. The van der Waals surface area contributed by atoms with Gasteiger partial charge >= 0.3 is 0 Å². The van der Waals surface area contributed by atoms with Crippen LogP contribution >= 0.6 is 23.5 Å². The summed E-state index contributed by atoms with van der Waals surface area (Å²) in [4.78, 5) is 32.5. The third kappa shape index (κ3) is 4.44. The van der Waals surface area contributed by atoms with Crippen molar-refractivity contribution in [3.8, 4) is 0 Å². The average molecular weight is 331 g/mol. The summed E-state index contributed by atoms with van der Waals surface area (Å²) in [5, 5.41) is 3.83. The highest BCUT2D eigenvalue weighted by molar-refractivity contribution is 8.07. The van der Waals surface area contributed by atoms with Crippen molar-refractivity contribution >= 4 is 35.7 Å². The van der Waals surface area contributed by atoms with Crippen molar-refractivity contribution in [3.63, 3.8) is 0 Å². The maximum Gasteiger partial charge on any atom is 0.259 e. The third-order valence-electron chi connectivity index (χ3n) is 2.46. The minimum Gasteiger partial charge on any atom is -0.355 e. The maximum absolute atomic E-state index is 12.1. The molecule has 1 N–H and O–H groups in total. The van der Waals surface area contributed by atoms with Gasteiger partial charge in [-0.15, -0.1) is 0 Å². The Balaban J connectivity index is 2.35. The minimum atomic E-state index is -0.332. The Morgan fingerprint density at radius 1 is 1.05 bits per heavy atom. The number of nitrogens with zero attached hydrogens (tertiary/aromatic N) is 2. The van der Waals surface area contributed by atoms with E-state index in [4.69, 9.17) is 0 Å². The number of hydrogen-bond acceptors (Lipinski definition) is 6. The first kappa shape index (κ1) is 16.3. The van der Waals surface area contributed by atoms with Crippen LogP contribution in [0.5, 0.6) is 0 Å². The highest BCUT2D eigenvalue weighted by Gasteiger charge is 2.18. The second-order valence-corrected chi connectivity index (χ2v) is 6.02. The molecule has 0 atom stereocenters. The van der Waals surface area contributed by atoms with Gasteiger partial charge in [-0.3, -0.25) is 9.59 Å². The van der Waals surface area contributed by atoms with Crippen molar-refractivity contribution < 1.29 is 9.59 Å². The topological polar surface area (TPSA) is 72.0 Å². The number of carbonyl (C=O) groups excluding carboxylic acids is 2. The van der Waals surface area contributed by atoms with Crippen molar-refractivity contribution in [1.82, 2.24) is 15.3 Å². The van der Waals surface area contributed by atoms with Gasteiger partial charge in [-0.2, -0.15) is 0 Å². The van der Waals surface area contributed by atoms with Crippen LogP contribution in [0.1, 0.15) is 0 Å². The van der Waals surface area contributed by atoms with E-state index in [1.807, 2.05) is 12.1 Å². The second-order valence-electron chi connectivity index (χ2n) is 3.93. The molecule has 0 saturated heterocycles. The monoisotopic (exact) mass is 331 g/mol. The molecule has 7 heteroatoms. The molecule has 0 spiro atoms. The number of pyridine rings is 2. The van der Waals surface area contributed by atoms with Gasteiger partial charge in [0.25, 0.3) is 5.91 Å². The van der Waals surface area contributed by atoms with E-state index in [2.05, 4.69) is 15.3 Å². The number of likely N-dealkylation sites (N-methyl/N-ethyl adjacent to an activating group) is 1. The van der Waals surface area contributed by atoms with Crippen LogP contribution in [0.2, 0.25) is 0 Å². The van der Waals surface area contributed by atoms with E-state index in [-0.39, 0.29) is 5.91 Å². The van der Waals surface area contributed by atoms with Crippen molar-refractivity contribution in [2.75, 3.05) is 7.05 Å². The highest BCUT2D eigenvalue weighted by Crippen LogP contribution is 2.34. The molecule has 22 heavy (non-hydrogen) atoms. The molecule has 2 aromatic heterocycles.